The fourth-order valence-corrected chi connectivity index (χ4v) is 2.02. The number of allylic oxidation sites excluding steroid dienone is 5. The SMILES string of the molecule is CCCCC/C=C\C/C=C\C/C=C\CCOCCCCC(=O)O. The first-order chi connectivity index (χ1) is 11.3. The topological polar surface area (TPSA) is 46.5 Å². The number of ether oxygens (including phenoxy) is 1. The molecule has 0 aliphatic rings. The molecule has 0 amide bonds. The predicted octanol–water partition coefficient (Wildman–Crippen LogP) is 5.68. The summed E-state index contributed by atoms with van der Waals surface area (Å²) in [4.78, 5) is 10.3. The van der Waals surface area contributed by atoms with Crippen LogP contribution in [0.5, 0.6) is 0 Å². The zero-order valence-electron chi connectivity index (χ0n) is 14.7. The molecule has 0 atom stereocenters. The number of carboxylic acids is 1. The van der Waals surface area contributed by atoms with Crippen molar-refractivity contribution in [3.05, 3.63) is 36.5 Å². The summed E-state index contributed by atoms with van der Waals surface area (Å²) in [7, 11) is 0. The Labute approximate surface area is 142 Å². The molecule has 0 saturated carbocycles. The van der Waals surface area contributed by atoms with Crippen molar-refractivity contribution in [2.24, 2.45) is 0 Å². The molecular formula is C20H34O3. The van der Waals surface area contributed by atoms with Gasteiger partial charge in [-0.3, -0.25) is 4.79 Å². The second-order valence-corrected chi connectivity index (χ2v) is 5.63. The van der Waals surface area contributed by atoms with Crippen LogP contribution in [0, 0.1) is 0 Å². The number of carboxylic acid groups (broad SMARTS) is 1. The minimum atomic E-state index is -0.729. The van der Waals surface area contributed by atoms with Crippen LogP contribution in [0.3, 0.4) is 0 Å². The van der Waals surface area contributed by atoms with Gasteiger partial charge < -0.3 is 9.84 Å². The van der Waals surface area contributed by atoms with Crippen LogP contribution < -0.4 is 0 Å². The van der Waals surface area contributed by atoms with E-state index in [-0.39, 0.29) is 6.42 Å². The molecule has 0 aromatic heterocycles. The van der Waals surface area contributed by atoms with Crippen molar-refractivity contribution in [3.8, 4) is 0 Å². The van der Waals surface area contributed by atoms with Crippen LogP contribution in [0.15, 0.2) is 36.5 Å². The molecule has 0 aliphatic carbocycles. The zero-order valence-corrected chi connectivity index (χ0v) is 14.7. The maximum atomic E-state index is 10.3. The summed E-state index contributed by atoms with van der Waals surface area (Å²) in [5.74, 6) is -0.729. The molecule has 3 nitrogen and oxygen atoms in total. The number of rotatable bonds is 16. The fourth-order valence-electron chi connectivity index (χ4n) is 2.02. The zero-order chi connectivity index (χ0) is 17.0. The molecule has 0 unspecified atom stereocenters. The lowest BCUT2D eigenvalue weighted by Gasteiger charge is -2.00. The Kier molecular flexibility index (Phi) is 17.6. The molecule has 23 heavy (non-hydrogen) atoms. The quantitative estimate of drug-likeness (QED) is 0.294. The molecule has 0 rings (SSSR count). The second kappa shape index (κ2) is 18.7. The van der Waals surface area contributed by atoms with E-state index in [2.05, 4.69) is 43.4 Å². The molecule has 1 N–H and O–H groups in total. The van der Waals surface area contributed by atoms with E-state index < -0.39 is 5.97 Å². The van der Waals surface area contributed by atoms with Crippen LogP contribution in [0.1, 0.15) is 71.1 Å². The summed E-state index contributed by atoms with van der Waals surface area (Å²) in [6.07, 6.45) is 23.0. The van der Waals surface area contributed by atoms with Gasteiger partial charge in [0.2, 0.25) is 0 Å². The minimum Gasteiger partial charge on any atom is -0.481 e. The smallest absolute Gasteiger partial charge is 0.303 e. The summed E-state index contributed by atoms with van der Waals surface area (Å²) < 4.78 is 5.44. The van der Waals surface area contributed by atoms with E-state index in [1.165, 1.54) is 25.7 Å². The second-order valence-electron chi connectivity index (χ2n) is 5.63. The van der Waals surface area contributed by atoms with Crippen LogP contribution in [0.4, 0.5) is 0 Å². The van der Waals surface area contributed by atoms with E-state index in [0.29, 0.717) is 19.6 Å². The van der Waals surface area contributed by atoms with Crippen molar-refractivity contribution in [2.75, 3.05) is 13.2 Å². The van der Waals surface area contributed by atoms with Gasteiger partial charge in [-0.1, -0.05) is 56.2 Å². The molecule has 0 radical (unpaired) electrons. The minimum absolute atomic E-state index is 0.240. The van der Waals surface area contributed by atoms with Gasteiger partial charge in [-0.05, 0) is 44.9 Å². The summed E-state index contributed by atoms with van der Waals surface area (Å²) in [6.45, 7) is 3.61. The molecule has 132 valence electrons. The van der Waals surface area contributed by atoms with Gasteiger partial charge in [-0.25, -0.2) is 0 Å². The van der Waals surface area contributed by atoms with E-state index in [9.17, 15) is 4.79 Å². The number of carbonyl (C=O) groups is 1. The molecular weight excluding hydrogens is 288 g/mol. The summed E-state index contributed by atoms with van der Waals surface area (Å²) in [5, 5.41) is 8.49. The lowest BCUT2D eigenvalue weighted by atomic mass is 10.2. The first-order valence-corrected chi connectivity index (χ1v) is 9.02. The molecule has 0 spiro atoms. The Balaban J connectivity index is 3.27. The van der Waals surface area contributed by atoms with Crippen molar-refractivity contribution in [1.29, 1.82) is 0 Å². The van der Waals surface area contributed by atoms with Crippen molar-refractivity contribution >= 4 is 5.97 Å². The van der Waals surface area contributed by atoms with Gasteiger partial charge in [0.25, 0.3) is 0 Å². The highest BCUT2D eigenvalue weighted by atomic mass is 16.5. The Morgan fingerprint density at radius 3 is 2.13 bits per heavy atom. The standard InChI is InChI=1S/C20H34O3/c1-2-3-4-5-6-7-8-9-10-11-12-13-15-18-23-19-16-14-17-20(21)22/h6-7,9-10,12-13H,2-5,8,11,14-19H2,1H3,(H,21,22)/b7-6-,10-9-,13-12-. The maximum absolute atomic E-state index is 10.3. The summed E-state index contributed by atoms with van der Waals surface area (Å²) >= 11 is 0. The molecule has 3 heteroatoms. The third kappa shape index (κ3) is 20.6. The molecule has 0 saturated heterocycles. The molecule has 0 fully saturated rings. The maximum Gasteiger partial charge on any atom is 0.303 e. The van der Waals surface area contributed by atoms with Crippen LogP contribution in [0.25, 0.3) is 0 Å². The molecule has 0 aromatic carbocycles. The third-order valence-corrected chi connectivity index (χ3v) is 3.38. The number of unbranched alkanes of at least 4 members (excludes halogenated alkanes) is 4. The fraction of sp³-hybridized carbons (Fsp3) is 0.650. The van der Waals surface area contributed by atoms with Crippen LogP contribution in [-0.4, -0.2) is 24.3 Å². The summed E-state index contributed by atoms with van der Waals surface area (Å²) in [5.41, 5.74) is 0. The average molecular weight is 322 g/mol. The predicted molar refractivity (Wildman–Crippen MR) is 97.7 cm³/mol. The van der Waals surface area contributed by atoms with Crippen LogP contribution in [-0.2, 0) is 9.53 Å². The van der Waals surface area contributed by atoms with E-state index in [1.54, 1.807) is 0 Å². The van der Waals surface area contributed by atoms with Gasteiger partial charge in [0, 0.05) is 13.0 Å². The van der Waals surface area contributed by atoms with Crippen molar-refractivity contribution in [3.63, 3.8) is 0 Å². The van der Waals surface area contributed by atoms with Crippen molar-refractivity contribution in [1.82, 2.24) is 0 Å². The largest absolute Gasteiger partial charge is 0.481 e. The number of hydrogen-bond acceptors (Lipinski definition) is 2. The van der Waals surface area contributed by atoms with Gasteiger partial charge >= 0.3 is 5.97 Å². The van der Waals surface area contributed by atoms with E-state index in [0.717, 1.165) is 25.7 Å². The van der Waals surface area contributed by atoms with Gasteiger partial charge in [0.1, 0.15) is 0 Å². The monoisotopic (exact) mass is 322 g/mol. The van der Waals surface area contributed by atoms with E-state index >= 15 is 0 Å². The molecule has 0 aliphatic heterocycles. The lowest BCUT2D eigenvalue weighted by Crippen LogP contribution is -1.99. The highest BCUT2D eigenvalue weighted by Gasteiger charge is 1.95. The Morgan fingerprint density at radius 1 is 0.826 bits per heavy atom. The normalized spacial score (nSPS) is 12.0. The molecule has 0 aromatic rings. The Bertz CT molecular complexity index is 343. The lowest BCUT2D eigenvalue weighted by molar-refractivity contribution is -0.137. The highest BCUT2D eigenvalue weighted by molar-refractivity contribution is 5.66. The highest BCUT2D eigenvalue weighted by Crippen LogP contribution is 2.01. The van der Waals surface area contributed by atoms with Crippen LogP contribution >= 0.6 is 0 Å². The first-order valence-electron chi connectivity index (χ1n) is 9.02. The first kappa shape index (κ1) is 21.6. The van der Waals surface area contributed by atoms with Crippen molar-refractivity contribution in [2.45, 2.75) is 71.1 Å². The number of aliphatic carboxylic acids is 1. The van der Waals surface area contributed by atoms with Crippen molar-refractivity contribution < 1.29 is 14.6 Å². The average Bonchev–Trinajstić information content (AvgIpc) is 2.53. The molecule has 0 bridgehead atoms. The van der Waals surface area contributed by atoms with E-state index in [4.69, 9.17) is 9.84 Å². The van der Waals surface area contributed by atoms with Gasteiger partial charge in [-0.2, -0.15) is 0 Å². The third-order valence-electron chi connectivity index (χ3n) is 3.38. The van der Waals surface area contributed by atoms with E-state index in [1.807, 2.05) is 0 Å². The Hall–Kier alpha value is -1.35. The van der Waals surface area contributed by atoms with Gasteiger partial charge in [-0.15, -0.1) is 0 Å². The Morgan fingerprint density at radius 2 is 1.48 bits per heavy atom. The van der Waals surface area contributed by atoms with Gasteiger partial charge in [0.15, 0.2) is 0 Å². The molecule has 0 heterocycles. The van der Waals surface area contributed by atoms with Gasteiger partial charge in [0.05, 0.1) is 6.61 Å². The summed E-state index contributed by atoms with van der Waals surface area (Å²) in [6, 6.07) is 0. The number of hydrogen-bond donors (Lipinski definition) is 1. The van der Waals surface area contributed by atoms with Crippen LogP contribution in [0.2, 0.25) is 0 Å².